The van der Waals surface area contributed by atoms with Crippen molar-refractivity contribution in [1.82, 2.24) is 5.32 Å². The number of carbonyl (C=O) groups is 2. The average molecular weight is 1270 g/mol. The first-order valence-corrected chi connectivity index (χ1v) is 41.6. The first kappa shape index (κ1) is 88.3. The van der Waals surface area contributed by atoms with Crippen molar-refractivity contribution in [3.8, 4) is 0 Å². The molecule has 0 saturated carbocycles. The van der Waals surface area contributed by atoms with Gasteiger partial charge in [-0.1, -0.05) is 430 Å². The Morgan fingerprint density at radius 2 is 0.522 bits per heavy atom. The Balaban J connectivity index is 3.34. The maximum Gasteiger partial charge on any atom is 0.305 e. The standard InChI is InChI=1S/C84H163NO5/c1-3-5-7-9-11-13-15-17-19-20-21-22-23-37-40-43-46-49-52-56-60-64-68-72-76-82(87)81(80-86)85-83(88)77-73-69-65-61-57-53-50-47-44-41-38-35-33-31-29-27-25-24-26-28-30-32-34-36-39-42-45-48-51-55-59-63-67-71-75-79-90-84(89)78-74-70-66-62-58-54-18-16-14-12-10-8-6-4-2/h16,18,72,76,81-82,86-87H,3-15,17,19-71,73-75,77-80H2,1-2H3,(H,85,88)/b18-16-,76-72+. The molecule has 0 rings (SSSR count). The van der Waals surface area contributed by atoms with Crippen molar-refractivity contribution in [2.45, 2.75) is 488 Å². The first-order valence-electron chi connectivity index (χ1n) is 41.6. The molecular weight excluding hydrogens is 1100 g/mol. The van der Waals surface area contributed by atoms with E-state index in [4.69, 9.17) is 4.74 Å². The lowest BCUT2D eigenvalue weighted by Gasteiger charge is -2.20. The van der Waals surface area contributed by atoms with Gasteiger partial charge >= 0.3 is 5.97 Å². The number of aliphatic hydroxyl groups is 2. The Labute approximate surface area is 564 Å². The Morgan fingerprint density at radius 3 is 0.789 bits per heavy atom. The highest BCUT2D eigenvalue weighted by Gasteiger charge is 2.18. The average Bonchev–Trinajstić information content (AvgIpc) is 3.60. The summed E-state index contributed by atoms with van der Waals surface area (Å²) in [6.45, 7) is 4.95. The van der Waals surface area contributed by atoms with Crippen molar-refractivity contribution >= 4 is 11.9 Å². The first-order chi connectivity index (χ1) is 44.5. The number of allylic oxidation sites excluding steroid dienone is 3. The maximum atomic E-state index is 12.6. The van der Waals surface area contributed by atoms with Gasteiger partial charge < -0.3 is 20.3 Å². The Morgan fingerprint density at radius 1 is 0.300 bits per heavy atom. The number of carbonyl (C=O) groups excluding carboxylic acids is 2. The van der Waals surface area contributed by atoms with E-state index in [0.717, 1.165) is 44.9 Å². The summed E-state index contributed by atoms with van der Waals surface area (Å²) in [6.07, 6.45) is 103. The number of amides is 1. The number of ether oxygens (including phenoxy) is 1. The van der Waals surface area contributed by atoms with Crippen LogP contribution in [0.5, 0.6) is 0 Å². The topological polar surface area (TPSA) is 95.9 Å². The summed E-state index contributed by atoms with van der Waals surface area (Å²) in [5.41, 5.74) is 0. The Bertz CT molecular complexity index is 1410. The van der Waals surface area contributed by atoms with Crippen molar-refractivity contribution < 1.29 is 24.5 Å². The quantitative estimate of drug-likeness (QED) is 0.0320. The summed E-state index contributed by atoms with van der Waals surface area (Å²) in [4.78, 5) is 24.6. The second kappa shape index (κ2) is 79.8. The molecule has 534 valence electrons. The highest BCUT2D eigenvalue weighted by Crippen LogP contribution is 2.20. The molecule has 3 N–H and O–H groups in total. The van der Waals surface area contributed by atoms with Gasteiger partial charge in [-0.25, -0.2) is 0 Å². The van der Waals surface area contributed by atoms with Gasteiger partial charge in [-0.2, -0.15) is 0 Å². The molecule has 0 aliphatic rings. The van der Waals surface area contributed by atoms with E-state index in [1.165, 1.54) is 405 Å². The lowest BCUT2D eigenvalue weighted by molar-refractivity contribution is -0.143. The molecule has 6 nitrogen and oxygen atoms in total. The van der Waals surface area contributed by atoms with Gasteiger partial charge in [-0.05, 0) is 57.8 Å². The molecule has 90 heavy (non-hydrogen) atoms. The fourth-order valence-electron chi connectivity index (χ4n) is 13.4. The SMILES string of the molecule is CCCCCCC/C=C\CCCCCCCC(=O)OCCCCCCCCCCCCCCCCCCCCCCCCCCCCCCCCCCCCCC(=O)NC(CO)C(O)/C=C/CCCCCCCCCCCCCCCCCCCCCCCC. The number of aliphatic hydroxyl groups excluding tert-OH is 2. The van der Waals surface area contributed by atoms with Crippen LogP contribution >= 0.6 is 0 Å². The largest absolute Gasteiger partial charge is 0.466 e. The molecule has 0 radical (unpaired) electrons. The van der Waals surface area contributed by atoms with Crippen LogP contribution < -0.4 is 5.32 Å². The zero-order valence-corrected chi connectivity index (χ0v) is 61.4. The van der Waals surface area contributed by atoms with Gasteiger partial charge in [-0.3, -0.25) is 9.59 Å². The summed E-state index contributed by atoms with van der Waals surface area (Å²) >= 11 is 0. The van der Waals surface area contributed by atoms with Gasteiger partial charge in [0.1, 0.15) is 0 Å². The van der Waals surface area contributed by atoms with Crippen molar-refractivity contribution in [3.05, 3.63) is 24.3 Å². The van der Waals surface area contributed by atoms with Crippen LogP contribution in [0.3, 0.4) is 0 Å². The number of hydrogen-bond donors (Lipinski definition) is 3. The van der Waals surface area contributed by atoms with Crippen LogP contribution in [-0.2, 0) is 14.3 Å². The van der Waals surface area contributed by atoms with E-state index in [2.05, 4.69) is 31.3 Å². The zero-order chi connectivity index (χ0) is 64.9. The number of nitrogens with one attached hydrogen (secondary N) is 1. The highest BCUT2D eigenvalue weighted by atomic mass is 16.5. The summed E-state index contributed by atoms with van der Waals surface area (Å²) < 4.78 is 5.50. The maximum absolute atomic E-state index is 12.6. The van der Waals surface area contributed by atoms with E-state index in [1.807, 2.05) is 6.08 Å². The van der Waals surface area contributed by atoms with E-state index in [-0.39, 0.29) is 18.5 Å². The molecule has 0 aliphatic heterocycles. The smallest absolute Gasteiger partial charge is 0.305 e. The molecule has 0 heterocycles. The Hall–Kier alpha value is -1.66. The molecule has 1 amide bonds. The zero-order valence-electron chi connectivity index (χ0n) is 61.4. The van der Waals surface area contributed by atoms with Gasteiger partial charge in [0.15, 0.2) is 0 Å². The molecule has 2 atom stereocenters. The van der Waals surface area contributed by atoms with E-state index in [0.29, 0.717) is 19.4 Å². The summed E-state index contributed by atoms with van der Waals surface area (Å²) in [5, 5.41) is 23.3. The van der Waals surface area contributed by atoms with Crippen molar-refractivity contribution in [2.75, 3.05) is 13.2 Å². The lowest BCUT2D eigenvalue weighted by Crippen LogP contribution is -2.45. The van der Waals surface area contributed by atoms with Crippen LogP contribution in [0.4, 0.5) is 0 Å². The van der Waals surface area contributed by atoms with Gasteiger partial charge in [0.2, 0.25) is 5.91 Å². The summed E-state index contributed by atoms with van der Waals surface area (Å²) in [7, 11) is 0. The van der Waals surface area contributed by atoms with Gasteiger partial charge in [0.25, 0.3) is 0 Å². The minimum atomic E-state index is -0.842. The second-order valence-electron chi connectivity index (χ2n) is 28.8. The molecule has 0 saturated heterocycles. The van der Waals surface area contributed by atoms with E-state index in [9.17, 15) is 19.8 Å². The molecular formula is C84H163NO5. The number of rotatable bonds is 79. The van der Waals surface area contributed by atoms with Crippen molar-refractivity contribution in [2.24, 2.45) is 0 Å². The van der Waals surface area contributed by atoms with Crippen LogP contribution in [0.1, 0.15) is 476 Å². The van der Waals surface area contributed by atoms with Crippen LogP contribution in [-0.4, -0.2) is 47.4 Å². The summed E-state index contributed by atoms with van der Waals surface area (Å²) in [5.74, 6) is -0.0422. The van der Waals surface area contributed by atoms with Gasteiger partial charge in [0, 0.05) is 12.8 Å². The number of unbranched alkanes of at least 4 members (excludes halogenated alkanes) is 66. The minimum absolute atomic E-state index is 0.0148. The molecule has 6 heteroatoms. The van der Waals surface area contributed by atoms with Crippen LogP contribution in [0.15, 0.2) is 24.3 Å². The lowest BCUT2D eigenvalue weighted by atomic mass is 10.0. The third-order valence-corrected chi connectivity index (χ3v) is 19.7. The van der Waals surface area contributed by atoms with E-state index < -0.39 is 12.1 Å². The van der Waals surface area contributed by atoms with Crippen molar-refractivity contribution in [1.29, 1.82) is 0 Å². The molecule has 0 spiro atoms. The second-order valence-corrected chi connectivity index (χ2v) is 28.8. The van der Waals surface area contributed by atoms with E-state index >= 15 is 0 Å². The molecule has 0 aromatic heterocycles. The number of esters is 1. The van der Waals surface area contributed by atoms with Crippen LogP contribution in [0, 0.1) is 0 Å². The predicted octanol–water partition coefficient (Wildman–Crippen LogP) is 27.6. The molecule has 2 unspecified atom stereocenters. The van der Waals surface area contributed by atoms with Gasteiger partial charge in [0.05, 0.1) is 25.4 Å². The fourth-order valence-corrected chi connectivity index (χ4v) is 13.4. The van der Waals surface area contributed by atoms with Crippen LogP contribution in [0.25, 0.3) is 0 Å². The molecule has 0 aromatic carbocycles. The monoisotopic (exact) mass is 1270 g/mol. The number of hydrogen-bond acceptors (Lipinski definition) is 5. The third-order valence-electron chi connectivity index (χ3n) is 19.7. The normalized spacial score (nSPS) is 12.5. The molecule has 0 aromatic rings. The molecule has 0 fully saturated rings. The predicted molar refractivity (Wildman–Crippen MR) is 398 cm³/mol. The van der Waals surface area contributed by atoms with Gasteiger partial charge in [-0.15, -0.1) is 0 Å². The Kier molecular flexibility index (Phi) is 78.3. The van der Waals surface area contributed by atoms with Crippen LogP contribution in [0.2, 0.25) is 0 Å². The molecule has 0 aliphatic carbocycles. The third kappa shape index (κ3) is 75.4. The minimum Gasteiger partial charge on any atom is -0.466 e. The van der Waals surface area contributed by atoms with Crippen molar-refractivity contribution in [3.63, 3.8) is 0 Å². The fraction of sp³-hybridized carbons (Fsp3) is 0.929. The highest BCUT2D eigenvalue weighted by molar-refractivity contribution is 5.76. The molecule has 0 bridgehead atoms. The summed E-state index contributed by atoms with van der Waals surface area (Å²) in [6, 6.07) is -0.625. The van der Waals surface area contributed by atoms with E-state index in [1.54, 1.807) is 6.08 Å².